The van der Waals surface area contributed by atoms with Crippen molar-refractivity contribution in [1.82, 2.24) is 20.1 Å². The third-order valence-electron chi connectivity index (χ3n) is 3.15. The molecule has 2 heterocycles. The summed E-state index contributed by atoms with van der Waals surface area (Å²) in [4.78, 5) is 6.61. The highest BCUT2D eigenvalue weighted by molar-refractivity contribution is 5.46. The van der Waals surface area contributed by atoms with Crippen LogP contribution in [-0.4, -0.2) is 28.4 Å². The topological polar surface area (TPSA) is 46.0 Å². The van der Waals surface area contributed by atoms with Crippen LogP contribution in [0.5, 0.6) is 0 Å². The standard InChI is InChI=1S/C15H23N5/c1-4-6-16-10-14-8-15(5-7-17-14)19(2)11-13-9-18-20(3)12-13/h5,7-9,12,16H,4,6,10-11H2,1-3H3. The van der Waals surface area contributed by atoms with E-state index in [0.717, 1.165) is 31.7 Å². The van der Waals surface area contributed by atoms with Crippen molar-refractivity contribution < 1.29 is 0 Å². The first-order chi connectivity index (χ1) is 9.69. The molecule has 2 aromatic rings. The van der Waals surface area contributed by atoms with Crippen LogP contribution < -0.4 is 10.2 Å². The molecule has 0 saturated heterocycles. The Hall–Kier alpha value is -1.88. The molecule has 0 atom stereocenters. The Morgan fingerprint density at radius 2 is 2.25 bits per heavy atom. The third kappa shape index (κ3) is 4.06. The summed E-state index contributed by atoms with van der Waals surface area (Å²) in [6.45, 7) is 4.86. The summed E-state index contributed by atoms with van der Waals surface area (Å²) in [5.41, 5.74) is 3.46. The van der Waals surface area contributed by atoms with Crippen molar-refractivity contribution in [1.29, 1.82) is 0 Å². The Labute approximate surface area is 120 Å². The van der Waals surface area contributed by atoms with Crippen LogP contribution in [0.2, 0.25) is 0 Å². The predicted octanol–water partition coefficient (Wildman–Crippen LogP) is 1.95. The largest absolute Gasteiger partial charge is 0.370 e. The normalized spacial score (nSPS) is 10.8. The van der Waals surface area contributed by atoms with Crippen LogP contribution >= 0.6 is 0 Å². The minimum Gasteiger partial charge on any atom is -0.370 e. The monoisotopic (exact) mass is 273 g/mol. The highest BCUT2D eigenvalue weighted by Gasteiger charge is 2.05. The number of hydrogen-bond donors (Lipinski definition) is 1. The maximum absolute atomic E-state index is 4.40. The van der Waals surface area contributed by atoms with Gasteiger partial charge in [-0.2, -0.15) is 5.10 Å². The summed E-state index contributed by atoms with van der Waals surface area (Å²) >= 11 is 0. The molecule has 0 aliphatic heterocycles. The summed E-state index contributed by atoms with van der Waals surface area (Å²) < 4.78 is 1.83. The molecule has 0 aromatic carbocycles. The molecular weight excluding hydrogens is 250 g/mol. The second-order valence-corrected chi connectivity index (χ2v) is 5.06. The molecule has 0 amide bonds. The van der Waals surface area contributed by atoms with E-state index in [4.69, 9.17) is 0 Å². The molecular formula is C15H23N5. The van der Waals surface area contributed by atoms with Gasteiger partial charge in [0.2, 0.25) is 0 Å². The molecule has 2 aromatic heterocycles. The van der Waals surface area contributed by atoms with Gasteiger partial charge in [-0.05, 0) is 25.1 Å². The zero-order chi connectivity index (χ0) is 14.4. The molecule has 0 spiro atoms. The Morgan fingerprint density at radius 1 is 1.40 bits per heavy atom. The molecule has 0 unspecified atom stereocenters. The van der Waals surface area contributed by atoms with E-state index in [1.165, 1.54) is 11.3 Å². The number of nitrogens with one attached hydrogen (secondary N) is 1. The molecule has 0 aliphatic carbocycles. The van der Waals surface area contributed by atoms with Crippen molar-refractivity contribution in [3.63, 3.8) is 0 Å². The minimum absolute atomic E-state index is 0.822. The molecule has 5 nitrogen and oxygen atoms in total. The first-order valence-electron chi connectivity index (χ1n) is 7.03. The molecule has 0 saturated carbocycles. The number of hydrogen-bond acceptors (Lipinski definition) is 4. The lowest BCUT2D eigenvalue weighted by Gasteiger charge is -2.19. The lowest BCUT2D eigenvalue weighted by atomic mass is 10.2. The van der Waals surface area contributed by atoms with E-state index in [9.17, 15) is 0 Å². The zero-order valence-electron chi connectivity index (χ0n) is 12.5. The highest BCUT2D eigenvalue weighted by atomic mass is 15.2. The van der Waals surface area contributed by atoms with Crippen LogP contribution in [0.25, 0.3) is 0 Å². The molecule has 5 heteroatoms. The summed E-state index contributed by atoms with van der Waals surface area (Å²) in [6.07, 6.45) is 6.96. The Morgan fingerprint density at radius 3 is 2.95 bits per heavy atom. The minimum atomic E-state index is 0.822. The fourth-order valence-corrected chi connectivity index (χ4v) is 2.11. The van der Waals surface area contributed by atoms with Crippen LogP contribution in [-0.2, 0) is 20.1 Å². The van der Waals surface area contributed by atoms with Gasteiger partial charge in [0.15, 0.2) is 0 Å². The number of nitrogens with zero attached hydrogens (tertiary/aromatic N) is 4. The van der Waals surface area contributed by atoms with Crippen molar-refractivity contribution in [2.45, 2.75) is 26.4 Å². The molecule has 0 aliphatic rings. The van der Waals surface area contributed by atoms with Gasteiger partial charge in [-0.1, -0.05) is 6.92 Å². The van der Waals surface area contributed by atoms with Crippen LogP contribution in [0.1, 0.15) is 24.6 Å². The number of aryl methyl sites for hydroxylation is 1. The van der Waals surface area contributed by atoms with Gasteiger partial charge in [0.05, 0.1) is 11.9 Å². The van der Waals surface area contributed by atoms with Crippen LogP contribution in [0.15, 0.2) is 30.7 Å². The number of rotatable bonds is 7. The maximum atomic E-state index is 4.40. The summed E-state index contributed by atoms with van der Waals surface area (Å²) in [6, 6.07) is 4.18. The van der Waals surface area contributed by atoms with Crippen molar-refractivity contribution in [3.8, 4) is 0 Å². The van der Waals surface area contributed by atoms with E-state index < -0.39 is 0 Å². The van der Waals surface area contributed by atoms with E-state index in [-0.39, 0.29) is 0 Å². The Balaban J connectivity index is 1.98. The third-order valence-corrected chi connectivity index (χ3v) is 3.15. The van der Waals surface area contributed by atoms with E-state index in [0.29, 0.717) is 0 Å². The smallest absolute Gasteiger partial charge is 0.0562 e. The van der Waals surface area contributed by atoms with Gasteiger partial charge < -0.3 is 10.2 Å². The van der Waals surface area contributed by atoms with E-state index in [1.807, 2.05) is 36.4 Å². The Bertz CT molecular complexity index is 535. The molecule has 108 valence electrons. The summed E-state index contributed by atoms with van der Waals surface area (Å²) in [7, 11) is 4.03. The quantitative estimate of drug-likeness (QED) is 0.783. The average Bonchev–Trinajstić information content (AvgIpc) is 2.85. The Kier molecular flexibility index (Phi) is 5.12. The van der Waals surface area contributed by atoms with Gasteiger partial charge in [0.1, 0.15) is 0 Å². The molecule has 0 bridgehead atoms. The predicted molar refractivity (Wildman–Crippen MR) is 81.5 cm³/mol. The van der Waals surface area contributed by atoms with Crippen molar-refractivity contribution >= 4 is 5.69 Å². The molecule has 2 rings (SSSR count). The van der Waals surface area contributed by atoms with Crippen LogP contribution in [0.3, 0.4) is 0 Å². The first kappa shape index (κ1) is 14.5. The zero-order valence-corrected chi connectivity index (χ0v) is 12.5. The molecule has 1 N–H and O–H groups in total. The van der Waals surface area contributed by atoms with Gasteiger partial charge >= 0.3 is 0 Å². The van der Waals surface area contributed by atoms with Gasteiger partial charge in [0, 0.05) is 50.8 Å². The SMILES string of the molecule is CCCNCc1cc(N(C)Cc2cnn(C)c2)ccn1. The van der Waals surface area contributed by atoms with Crippen molar-refractivity contribution in [2.75, 3.05) is 18.5 Å². The maximum Gasteiger partial charge on any atom is 0.0562 e. The summed E-state index contributed by atoms with van der Waals surface area (Å²) in [5.74, 6) is 0. The number of pyridine rings is 1. The average molecular weight is 273 g/mol. The second kappa shape index (κ2) is 7.05. The lowest BCUT2D eigenvalue weighted by molar-refractivity contribution is 0.664. The van der Waals surface area contributed by atoms with E-state index in [1.54, 1.807) is 0 Å². The lowest BCUT2D eigenvalue weighted by Crippen LogP contribution is -2.18. The molecule has 0 radical (unpaired) electrons. The van der Waals surface area contributed by atoms with Crippen molar-refractivity contribution in [3.05, 3.63) is 42.0 Å². The van der Waals surface area contributed by atoms with Gasteiger partial charge in [-0.15, -0.1) is 0 Å². The first-order valence-corrected chi connectivity index (χ1v) is 7.03. The van der Waals surface area contributed by atoms with E-state index in [2.05, 4.69) is 40.3 Å². The van der Waals surface area contributed by atoms with E-state index >= 15 is 0 Å². The molecule has 0 fully saturated rings. The van der Waals surface area contributed by atoms with Crippen LogP contribution in [0.4, 0.5) is 5.69 Å². The number of anilines is 1. The van der Waals surface area contributed by atoms with Gasteiger partial charge in [-0.25, -0.2) is 0 Å². The highest BCUT2D eigenvalue weighted by Crippen LogP contribution is 2.15. The van der Waals surface area contributed by atoms with Gasteiger partial charge in [-0.3, -0.25) is 9.67 Å². The molecule has 20 heavy (non-hydrogen) atoms. The van der Waals surface area contributed by atoms with Crippen LogP contribution in [0, 0.1) is 0 Å². The summed E-state index contributed by atoms with van der Waals surface area (Å²) in [5, 5.41) is 7.57. The van der Waals surface area contributed by atoms with Crippen molar-refractivity contribution in [2.24, 2.45) is 7.05 Å². The fourth-order valence-electron chi connectivity index (χ4n) is 2.11. The number of aromatic nitrogens is 3. The second-order valence-electron chi connectivity index (χ2n) is 5.06. The fraction of sp³-hybridized carbons (Fsp3) is 0.467. The van der Waals surface area contributed by atoms with Gasteiger partial charge in [0.25, 0.3) is 0 Å².